The molecular weight excluding hydrogens is 303 g/mol. The van der Waals surface area contributed by atoms with Crippen molar-refractivity contribution in [2.24, 2.45) is 0 Å². The van der Waals surface area contributed by atoms with Crippen LogP contribution in [0.1, 0.15) is 5.56 Å². The molecule has 0 atom stereocenters. The second kappa shape index (κ2) is 5.30. The van der Waals surface area contributed by atoms with Crippen molar-refractivity contribution in [3.8, 4) is 0 Å². The molecule has 2 aromatic rings. The predicted molar refractivity (Wildman–Crippen MR) is 77.8 cm³/mol. The van der Waals surface area contributed by atoms with Crippen molar-refractivity contribution in [2.45, 2.75) is 11.8 Å². The second-order valence-corrected chi connectivity index (χ2v) is 6.28. The normalized spacial score (nSPS) is 11.3. The van der Waals surface area contributed by atoms with Gasteiger partial charge in [0.15, 0.2) is 0 Å². The fourth-order valence-corrected chi connectivity index (χ4v) is 3.35. The molecule has 0 aromatic heterocycles. The summed E-state index contributed by atoms with van der Waals surface area (Å²) in [6.45, 7) is 1.57. The summed E-state index contributed by atoms with van der Waals surface area (Å²) in [4.78, 5) is -0.156. The highest BCUT2D eigenvalue weighted by atomic mass is 35.5. The number of rotatable bonds is 3. The summed E-state index contributed by atoms with van der Waals surface area (Å²) >= 11 is 5.91. The van der Waals surface area contributed by atoms with E-state index in [0.717, 1.165) is 6.07 Å². The van der Waals surface area contributed by atoms with E-state index in [4.69, 9.17) is 17.3 Å². The highest BCUT2D eigenvalue weighted by Gasteiger charge is 2.20. The minimum absolute atomic E-state index is 0.0813. The molecule has 0 heterocycles. The van der Waals surface area contributed by atoms with Gasteiger partial charge < -0.3 is 5.73 Å². The first kappa shape index (κ1) is 14.6. The molecular formula is C13H12ClFN2O2S. The number of hydrogen-bond acceptors (Lipinski definition) is 3. The van der Waals surface area contributed by atoms with E-state index < -0.39 is 15.8 Å². The molecule has 20 heavy (non-hydrogen) atoms. The summed E-state index contributed by atoms with van der Waals surface area (Å²) in [6, 6.07) is 8.15. The van der Waals surface area contributed by atoms with E-state index in [1.165, 1.54) is 24.3 Å². The third-order valence-corrected chi connectivity index (χ3v) is 4.53. The zero-order chi connectivity index (χ0) is 14.9. The molecule has 0 radical (unpaired) electrons. The number of nitrogens with one attached hydrogen (secondary N) is 1. The van der Waals surface area contributed by atoms with Crippen LogP contribution in [0.5, 0.6) is 0 Å². The maximum Gasteiger partial charge on any atom is 0.262 e. The minimum Gasteiger partial charge on any atom is -0.397 e. The Morgan fingerprint density at radius 3 is 2.60 bits per heavy atom. The molecule has 0 unspecified atom stereocenters. The molecule has 3 N–H and O–H groups in total. The Bertz CT molecular complexity index is 743. The lowest BCUT2D eigenvalue weighted by Crippen LogP contribution is -2.16. The van der Waals surface area contributed by atoms with Crippen LogP contribution in [0, 0.1) is 12.7 Å². The summed E-state index contributed by atoms with van der Waals surface area (Å²) in [5.41, 5.74) is 6.38. The van der Waals surface area contributed by atoms with Crippen LogP contribution < -0.4 is 10.5 Å². The van der Waals surface area contributed by atoms with Crippen molar-refractivity contribution in [1.29, 1.82) is 0 Å². The van der Waals surface area contributed by atoms with Crippen molar-refractivity contribution >= 4 is 33.0 Å². The predicted octanol–water partition coefficient (Wildman–Crippen LogP) is 3.17. The van der Waals surface area contributed by atoms with Crippen LogP contribution in [0.25, 0.3) is 0 Å². The lowest BCUT2D eigenvalue weighted by atomic mass is 10.2. The first-order chi connectivity index (χ1) is 9.31. The highest BCUT2D eigenvalue weighted by molar-refractivity contribution is 7.92. The highest BCUT2D eigenvalue weighted by Crippen LogP contribution is 2.30. The molecule has 0 bridgehead atoms. The summed E-state index contributed by atoms with van der Waals surface area (Å²) in [5, 5.41) is 0.169. The lowest BCUT2D eigenvalue weighted by Gasteiger charge is -2.13. The van der Waals surface area contributed by atoms with Crippen molar-refractivity contribution in [1.82, 2.24) is 0 Å². The van der Waals surface area contributed by atoms with Crippen molar-refractivity contribution < 1.29 is 12.8 Å². The molecule has 0 saturated carbocycles. The fraction of sp³-hybridized carbons (Fsp3) is 0.0769. The van der Waals surface area contributed by atoms with E-state index in [-0.39, 0.29) is 21.3 Å². The van der Waals surface area contributed by atoms with E-state index in [0.29, 0.717) is 5.56 Å². The summed E-state index contributed by atoms with van der Waals surface area (Å²) in [6.07, 6.45) is 0. The van der Waals surface area contributed by atoms with Crippen LogP contribution >= 0.6 is 11.6 Å². The van der Waals surface area contributed by atoms with Gasteiger partial charge >= 0.3 is 0 Å². The lowest BCUT2D eigenvalue weighted by molar-refractivity contribution is 0.594. The SMILES string of the molecule is Cc1ccc(F)cc1S(=O)(=O)Nc1c(N)cccc1Cl. The van der Waals surface area contributed by atoms with Gasteiger partial charge in [0.1, 0.15) is 5.82 Å². The third kappa shape index (κ3) is 2.86. The largest absolute Gasteiger partial charge is 0.397 e. The van der Waals surface area contributed by atoms with Gasteiger partial charge in [0.25, 0.3) is 10.0 Å². The Morgan fingerprint density at radius 1 is 1.25 bits per heavy atom. The van der Waals surface area contributed by atoms with Crippen LogP contribution in [-0.4, -0.2) is 8.42 Å². The summed E-state index contributed by atoms with van der Waals surface area (Å²) in [5.74, 6) is -0.636. The number of hydrogen-bond donors (Lipinski definition) is 2. The maximum atomic E-state index is 13.2. The van der Waals surface area contributed by atoms with Gasteiger partial charge in [-0.05, 0) is 36.8 Å². The van der Waals surface area contributed by atoms with Gasteiger partial charge in [0.05, 0.1) is 21.3 Å². The molecule has 0 aliphatic rings. The van der Waals surface area contributed by atoms with Crippen LogP contribution in [-0.2, 0) is 10.0 Å². The molecule has 0 spiro atoms. The van der Waals surface area contributed by atoms with E-state index in [9.17, 15) is 12.8 Å². The zero-order valence-corrected chi connectivity index (χ0v) is 12.1. The molecule has 2 rings (SSSR count). The second-order valence-electron chi connectivity index (χ2n) is 4.22. The average molecular weight is 315 g/mol. The number of anilines is 2. The Kier molecular flexibility index (Phi) is 3.87. The standard InChI is InChI=1S/C13H12ClFN2O2S/c1-8-5-6-9(15)7-12(8)20(18,19)17-13-10(14)3-2-4-11(13)16/h2-7,17H,16H2,1H3. The molecule has 0 aliphatic carbocycles. The number of aryl methyl sites for hydroxylation is 1. The summed E-state index contributed by atoms with van der Waals surface area (Å²) in [7, 11) is -3.97. The van der Waals surface area contributed by atoms with Crippen molar-refractivity contribution in [3.63, 3.8) is 0 Å². The van der Waals surface area contributed by atoms with Gasteiger partial charge in [-0.15, -0.1) is 0 Å². The van der Waals surface area contributed by atoms with Crippen molar-refractivity contribution in [3.05, 3.63) is 52.8 Å². The van der Waals surface area contributed by atoms with Crippen molar-refractivity contribution in [2.75, 3.05) is 10.5 Å². The van der Waals surface area contributed by atoms with Crippen LogP contribution in [0.4, 0.5) is 15.8 Å². The Morgan fingerprint density at radius 2 is 1.95 bits per heavy atom. The number of nitrogen functional groups attached to an aromatic ring is 1. The number of benzene rings is 2. The smallest absolute Gasteiger partial charge is 0.262 e. The minimum atomic E-state index is -3.97. The van der Waals surface area contributed by atoms with Crippen LogP contribution in [0.2, 0.25) is 5.02 Å². The van der Waals surface area contributed by atoms with Gasteiger partial charge in [-0.3, -0.25) is 4.72 Å². The topological polar surface area (TPSA) is 72.2 Å². The molecule has 2 aromatic carbocycles. The fourth-order valence-electron chi connectivity index (χ4n) is 1.70. The molecule has 7 heteroatoms. The van der Waals surface area contributed by atoms with E-state index in [1.807, 2.05) is 0 Å². The van der Waals surface area contributed by atoms with Gasteiger partial charge in [0.2, 0.25) is 0 Å². The van der Waals surface area contributed by atoms with Gasteiger partial charge in [0, 0.05) is 0 Å². The molecule has 4 nitrogen and oxygen atoms in total. The number of sulfonamides is 1. The third-order valence-electron chi connectivity index (χ3n) is 2.72. The van der Waals surface area contributed by atoms with Gasteiger partial charge in [-0.25, -0.2) is 12.8 Å². The first-order valence-electron chi connectivity index (χ1n) is 5.64. The number of nitrogens with two attached hydrogens (primary N) is 1. The van der Waals surface area contributed by atoms with Gasteiger partial charge in [-0.2, -0.15) is 0 Å². The Balaban J connectivity index is 2.49. The van der Waals surface area contributed by atoms with E-state index in [1.54, 1.807) is 13.0 Å². The average Bonchev–Trinajstić information content (AvgIpc) is 2.37. The Labute approximate surface area is 121 Å². The first-order valence-corrected chi connectivity index (χ1v) is 7.50. The molecule has 0 amide bonds. The molecule has 0 saturated heterocycles. The zero-order valence-electron chi connectivity index (χ0n) is 10.5. The molecule has 106 valence electrons. The van der Waals surface area contributed by atoms with Gasteiger partial charge in [-0.1, -0.05) is 23.7 Å². The summed E-state index contributed by atoms with van der Waals surface area (Å²) < 4.78 is 40.1. The number of para-hydroxylation sites is 1. The molecule has 0 aliphatic heterocycles. The van der Waals surface area contributed by atoms with E-state index in [2.05, 4.69) is 4.72 Å². The maximum absolute atomic E-state index is 13.2. The molecule has 0 fully saturated rings. The Hall–Kier alpha value is -1.79. The van der Waals surface area contributed by atoms with Crippen LogP contribution in [0.3, 0.4) is 0 Å². The quantitative estimate of drug-likeness (QED) is 0.855. The monoisotopic (exact) mass is 314 g/mol. The van der Waals surface area contributed by atoms with E-state index >= 15 is 0 Å². The van der Waals surface area contributed by atoms with Crippen LogP contribution in [0.15, 0.2) is 41.3 Å². The number of halogens is 2.